The fourth-order valence-electron chi connectivity index (χ4n) is 8.57. The van der Waals surface area contributed by atoms with E-state index in [1.54, 1.807) is 0 Å². The van der Waals surface area contributed by atoms with E-state index in [1.807, 2.05) is 0 Å². The van der Waals surface area contributed by atoms with E-state index in [4.69, 9.17) is 56.8 Å². The van der Waals surface area contributed by atoms with Crippen LogP contribution in [-0.2, 0) is 56.8 Å². The Bertz CT molecular complexity index is 1490. The Hall–Kier alpha value is -1.20. The van der Waals surface area contributed by atoms with Gasteiger partial charge < -0.3 is 149 Å². The summed E-state index contributed by atoms with van der Waals surface area (Å²) < 4.78 is 66.8. The third-order valence-corrected chi connectivity index (χ3v) is 12.7. The smallest absolute Gasteiger partial charge is 0.192 e. The minimum atomic E-state index is -2.35. The summed E-state index contributed by atoms with van der Waals surface area (Å²) in [5.41, 5.74) is 0. The number of ether oxygens (including phenoxy) is 12. The molecule has 0 amide bonds. The number of hydrogen-bond donors (Lipinski definition) is 18. The summed E-state index contributed by atoms with van der Waals surface area (Å²) in [4.78, 5) is 0. The molecule has 30 nitrogen and oxygen atoms in total. The fourth-order valence-corrected chi connectivity index (χ4v) is 8.57. The third kappa shape index (κ3) is 11.2. The molecular weight excluding hydrogens is 924 g/mol. The second-order valence-electron chi connectivity index (χ2n) is 17.0. The first kappa shape index (κ1) is 55.1. The summed E-state index contributed by atoms with van der Waals surface area (Å²) in [5.74, 6) is -0.986. The largest absolute Gasteiger partial charge is 0.394 e. The van der Waals surface area contributed by atoms with Crippen molar-refractivity contribution in [3.05, 3.63) is 0 Å². The molecule has 0 spiro atoms. The molecule has 0 aliphatic carbocycles. The monoisotopic (exact) mass is 988 g/mol. The Labute approximate surface area is 380 Å². The van der Waals surface area contributed by atoms with Crippen LogP contribution < -0.4 is 0 Å². The van der Waals surface area contributed by atoms with Crippen LogP contribution >= 0.6 is 0 Å². The molecule has 6 rings (SSSR count). The second-order valence-corrected chi connectivity index (χ2v) is 17.0. The van der Waals surface area contributed by atoms with Crippen molar-refractivity contribution in [3.8, 4) is 0 Å². The Balaban J connectivity index is 1.28. The van der Waals surface area contributed by atoms with E-state index in [-0.39, 0.29) is 0 Å². The van der Waals surface area contributed by atoms with Gasteiger partial charge in [-0.3, -0.25) is 0 Å². The van der Waals surface area contributed by atoms with Gasteiger partial charge in [-0.1, -0.05) is 6.92 Å². The van der Waals surface area contributed by atoms with E-state index in [0.29, 0.717) is 0 Å². The summed E-state index contributed by atoms with van der Waals surface area (Å²) in [6.45, 7) is -3.07. The van der Waals surface area contributed by atoms with Gasteiger partial charge in [0.25, 0.3) is 0 Å². The maximum absolute atomic E-state index is 11.8. The molecule has 0 radical (unpaired) electrons. The molecule has 0 aromatic carbocycles. The van der Waals surface area contributed by atoms with Gasteiger partial charge in [-0.25, -0.2) is 0 Å². The zero-order valence-corrected chi connectivity index (χ0v) is 35.8. The SMILES string of the molecule is CO[C@@H]1OC(CO)[C@@H](O)[C@H](O[C@@H]2OC(CO)[C@@H](O)[C@H](O[C@@H]3OC(O[C@@H]4OC(CO)[C@@H](O)[C@H](O)C4O)[C@@H](O)[C@H](O[C@@H]4OC(CO)[C@@H](O)[C@H](O[C@@H]5OC(CO)[C@@H](O)[C@H](C)C5O)C4O)C3O)C2O)C1O. The molecule has 67 heavy (non-hydrogen) atoms. The first-order chi connectivity index (χ1) is 31.8. The van der Waals surface area contributed by atoms with Gasteiger partial charge >= 0.3 is 0 Å². The van der Waals surface area contributed by atoms with Crippen LogP contribution in [0.3, 0.4) is 0 Å². The van der Waals surface area contributed by atoms with Gasteiger partial charge in [0.1, 0.15) is 128 Å². The van der Waals surface area contributed by atoms with Crippen molar-refractivity contribution >= 4 is 0 Å². The molecule has 0 saturated carbocycles. The van der Waals surface area contributed by atoms with Gasteiger partial charge in [0.15, 0.2) is 44.0 Å². The fraction of sp³-hybridized carbons (Fsp3) is 1.00. The van der Waals surface area contributed by atoms with E-state index >= 15 is 0 Å². The van der Waals surface area contributed by atoms with Gasteiger partial charge in [0.05, 0.1) is 39.1 Å². The van der Waals surface area contributed by atoms with Crippen LogP contribution in [0.2, 0.25) is 0 Å². The number of rotatable bonds is 16. The van der Waals surface area contributed by atoms with Gasteiger partial charge in [-0.2, -0.15) is 0 Å². The topological polar surface area (TPSA) is 475 Å². The molecule has 18 N–H and O–H groups in total. The van der Waals surface area contributed by atoms with Crippen molar-refractivity contribution in [1.29, 1.82) is 0 Å². The summed E-state index contributed by atoms with van der Waals surface area (Å²) in [6, 6.07) is 0. The normalized spacial score (nSPS) is 53.4. The van der Waals surface area contributed by atoms with Gasteiger partial charge in [-0.15, -0.1) is 0 Å². The van der Waals surface area contributed by atoms with Crippen LogP contribution in [0.5, 0.6) is 0 Å². The van der Waals surface area contributed by atoms with Crippen molar-refractivity contribution in [2.24, 2.45) is 5.92 Å². The quantitative estimate of drug-likeness (QED) is 0.0683. The third-order valence-electron chi connectivity index (χ3n) is 12.7. The lowest BCUT2D eigenvalue weighted by molar-refractivity contribution is -0.428. The van der Waals surface area contributed by atoms with Crippen LogP contribution in [-0.4, -0.2) is 310 Å². The van der Waals surface area contributed by atoms with Crippen LogP contribution in [0.15, 0.2) is 0 Å². The molecule has 6 aliphatic heterocycles. The van der Waals surface area contributed by atoms with Crippen LogP contribution in [0.25, 0.3) is 0 Å². The number of hydrogen-bond acceptors (Lipinski definition) is 30. The van der Waals surface area contributed by atoms with Crippen molar-refractivity contribution in [1.82, 2.24) is 0 Å². The van der Waals surface area contributed by atoms with E-state index < -0.39 is 217 Å². The highest BCUT2D eigenvalue weighted by Gasteiger charge is 2.58. The molecule has 12 unspecified atom stereocenters. The highest BCUT2D eigenvalue weighted by atomic mass is 16.8. The lowest BCUT2D eigenvalue weighted by Gasteiger charge is -2.50. The predicted molar refractivity (Wildman–Crippen MR) is 202 cm³/mol. The molecule has 6 saturated heterocycles. The average Bonchev–Trinajstić information content (AvgIpc) is 3.31. The maximum Gasteiger partial charge on any atom is 0.192 e. The lowest BCUT2D eigenvalue weighted by Crippen LogP contribution is -2.68. The Kier molecular flexibility index (Phi) is 19.4. The van der Waals surface area contributed by atoms with E-state index in [9.17, 15) is 91.9 Å². The zero-order valence-electron chi connectivity index (χ0n) is 35.8. The zero-order chi connectivity index (χ0) is 49.3. The molecule has 30 heteroatoms. The van der Waals surface area contributed by atoms with Gasteiger partial charge in [0.2, 0.25) is 0 Å². The van der Waals surface area contributed by atoms with E-state index in [2.05, 4.69) is 0 Å². The minimum absolute atomic E-state index is 0.741. The maximum atomic E-state index is 11.8. The Morgan fingerprint density at radius 1 is 0.284 bits per heavy atom. The number of aliphatic hydroxyl groups excluding tert-OH is 18. The molecule has 0 aromatic heterocycles. The van der Waals surface area contributed by atoms with Crippen LogP contribution in [0, 0.1) is 5.92 Å². The van der Waals surface area contributed by atoms with E-state index in [0.717, 1.165) is 7.11 Å². The molecule has 0 aromatic rings. The number of aliphatic hydroxyl groups is 18. The number of methoxy groups -OCH3 is 1. The first-order valence-corrected chi connectivity index (χ1v) is 21.4. The predicted octanol–water partition coefficient (Wildman–Crippen LogP) is -12.2. The Morgan fingerprint density at radius 3 is 0.925 bits per heavy atom. The molecule has 0 bridgehead atoms. The first-order valence-electron chi connectivity index (χ1n) is 21.4. The van der Waals surface area contributed by atoms with Crippen molar-refractivity contribution in [3.63, 3.8) is 0 Å². The molecule has 6 aliphatic rings. The highest BCUT2D eigenvalue weighted by molar-refractivity contribution is 4.99. The second kappa shape index (κ2) is 23.6. The van der Waals surface area contributed by atoms with Crippen LogP contribution in [0.1, 0.15) is 6.92 Å². The van der Waals surface area contributed by atoms with Gasteiger partial charge in [0, 0.05) is 13.0 Å². The lowest BCUT2D eigenvalue weighted by atomic mass is 9.90. The highest BCUT2D eigenvalue weighted by Crippen LogP contribution is 2.37. The van der Waals surface area contributed by atoms with Crippen molar-refractivity contribution < 1.29 is 149 Å². The summed E-state index contributed by atoms with van der Waals surface area (Å²) in [7, 11) is 1.13. The summed E-state index contributed by atoms with van der Waals surface area (Å²) in [5, 5.41) is 193. The van der Waals surface area contributed by atoms with Crippen molar-refractivity contribution in [2.45, 2.75) is 185 Å². The molecule has 30 atom stereocenters. The average molecular weight is 989 g/mol. The minimum Gasteiger partial charge on any atom is -0.394 e. The van der Waals surface area contributed by atoms with Crippen molar-refractivity contribution in [2.75, 3.05) is 40.1 Å². The molecule has 392 valence electrons. The molecular formula is C37H64O30. The van der Waals surface area contributed by atoms with Crippen LogP contribution in [0.4, 0.5) is 0 Å². The summed E-state index contributed by atoms with van der Waals surface area (Å²) in [6.07, 6.45) is -55.2. The summed E-state index contributed by atoms with van der Waals surface area (Å²) >= 11 is 0. The van der Waals surface area contributed by atoms with Gasteiger partial charge in [-0.05, 0) is 0 Å². The molecule has 6 heterocycles. The standard InChI is InChI=1S/C37H64O30/c1-8-14(43)9(3-38)58-32(15(8)44)62-28-18(47)12(6-41)61-35(23(28)52)65-30-25(54)36(67-37(26(30)55)66-33-21(50)20(49)16(45)10(4-39)59-33)64-29-19(48)13(7-42)60-34(24(29)53)63-27-17(46)11(5-40)57-31(56-2)22(27)51/h8-55H,3-7H2,1-2H3/t8-,9?,10?,11?,12?,13?,14-,15?,16+,17+,18+,19+,20-,21?,22?,23?,24?,25?,26-,27-,28-,29-,30+,31+,32-,33-,34-,35-,36+,37?/m0/s1. The Morgan fingerprint density at radius 2 is 0.552 bits per heavy atom. The molecule has 6 fully saturated rings. The van der Waals surface area contributed by atoms with E-state index in [1.165, 1.54) is 6.92 Å².